The summed E-state index contributed by atoms with van der Waals surface area (Å²) in [6.07, 6.45) is 2.47. The average molecular weight is 271 g/mol. The van der Waals surface area contributed by atoms with Crippen LogP contribution in [0.3, 0.4) is 0 Å². The van der Waals surface area contributed by atoms with E-state index in [2.05, 4.69) is 4.90 Å². The molecule has 0 atom stereocenters. The van der Waals surface area contributed by atoms with Crippen LogP contribution in [0.4, 0.5) is 5.69 Å². The molecule has 0 aromatic heterocycles. The lowest BCUT2D eigenvalue weighted by Gasteiger charge is -2.15. The molecule has 0 spiro atoms. The first-order valence-corrected chi connectivity index (χ1v) is 6.34. The fourth-order valence-corrected chi connectivity index (χ4v) is 2.29. The number of ether oxygens (including phenoxy) is 1. The largest absolute Gasteiger partial charge is 0.490 e. The zero-order valence-corrected chi connectivity index (χ0v) is 10.7. The first-order chi connectivity index (χ1) is 8.68. The van der Waals surface area contributed by atoms with E-state index >= 15 is 0 Å². The predicted molar refractivity (Wildman–Crippen MR) is 69.3 cm³/mol. The van der Waals surface area contributed by atoms with Gasteiger partial charge in [0, 0.05) is 12.6 Å². The average Bonchev–Trinajstić information content (AvgIpc) is 2.84. The van der Waals surface area contributed by atoms with Gasteiger partial charge in [0.1, 0.15) is 12.4 Å². The number of hydrogen-bond donors (Lipinski definition) is 0. The van der Waals surface area contributed by atoms with Crippen molar-refractivity contribution in [2.45, 2.75) is 12.8 Å². The summed E-state index contributed by atoms with van der Waals surface area (Å²) in [5.41, 5.74) is -0.115. The molecule has 1 fully saturated rings. The fourth-order valence-electron chi connectivity index (χ4n) is 2.04. The number of nitro groups is 1. The molecule has 18 heavy (non-hydrogen) atoms. The van der Waals surface area contributed by atoms with E-state index in [4.69, 9.17) is 16.3 Å². The van der Waals surface area contributed by atoms with Crippen LogP contribution in [0.2, 0.25) is 5.02 Å². The van der Waals surface area contributed by atoms with E-state index in [-0.39, 0.29) is 10.7 Å². The minimum absolute atomic E-state index is 0.0731. The molecule has 98 valence electrons. The van der Waals surface area contributed by atoms with Crippen LogP contribution in [-0.2, 0) is 0 Å². The topological polar surface area (TPSA) is 55.6 Å². The molecule has 0 amide bonds. The maximum Gasteiger partial charge on any atom is 0.291 e. The lowest BCUT2D eigenvalue weighted by molar-refractivity contribution is -0.384. The second kappa shape index (κ2) is 6.02. The summed E-state index contributed by atoms with van der Waals surface area (Å²) < 4.78 is 5.51. The van der Waals surface area contributed by atoms with Gasteiger partial charge in [0.2, 0.25) is 0 Å². The first kappa shape index (κ1) is 13.1. The van der Waals surface area contributed by atoms with E-state index in [1.807, 2.05) is 0 Å². The minimum atomic E-state index is -0.504. The summed E-state index contributed by atoms with van der Waals surface area (Å²) in [5.74, 6) is 0.380. The van der Waals surface area contributed by atoms with Gasteiger partial charge in [-0.05, 0) is 32.0 Å². The summed E-state index contributed by atoms with van der Waals surface area (Å²) in [7, 11) is 0. The van der Waals surface area contributed by atoms with Crippen LogP contribution >= 0.6 is 11.6 Å². The SMILES string of the molecule is O=[N+]([O-])c1cccc(OCCN2CCCC2)c1Cl. The zero-order chi connectivity index (χ0) is 13.0. The Morgan fingerprint density at radius 2 is 2.11 bits per heavy atom. The second-order valence-corrected chi connectivity index (χ2v) is 4.62. The molecule has 5 nitrogen and oxygen atoms in total. The molecule has 1 aliphatic rings. The number of rotatable bonds is 5. The third kappa shape index (κ3) is 3.11. The molecular weight excluding hydrogens is 256 g/mol. The van der Waals surface area contributed by atoms with Crippen LogP contribution in [0.15, 0.2) is 18.2 Å². The minimum Gasteiger partial charge on any atom is -0.490 e. The van der Waals surface area contributed by atoms with E-state index in [0.717, 1.165) is 19.6 Å². The summed E-state index contributed by atoms with van der Waals surface area (Å²) in [5, 5.41) is 10.8. The molecule has 0 saturated carbocycles. The molecule has 1 aromatic rings. The van der Waals surface area contributed by atoms with Crippen LogP contribution in [-0.4, -0.2) is 36.1 Å². The first-order valence-electron chi connectivity index (χ1n) is 5.96. The second-order valence-electron chi connectivity index (χ2n) is 4.24. The fraction of sp³-hybridized carbons (Fsp3) is 0.500. The third-order valence-electron chi connectivity index (χ3n) is 3.00. The van der Waals surface area contributed by atoms with Gasteiger partial charge < -0.3 is 4.74 Å². The predicted octanol–water partition coefficient (Wildman–Crippen LogP) is 2.72. The van der Waals surface area contributed by atoms with E-state index in [1.165, 1.54) is 18.9 Å². The molecule has 0 N–H and O–H groups in total. The normalized spacial score (nSPS) is 15.8. The Hall–Kier alpha value is -1.33. The van der Waals surface area contributed by atoms with Crippen LogP contribution in [0, 0.1) is 10.1 Å². The van der Waals surface area contributed by atoms with Crippen LogP contribution in [0.1, 0.15) is 12.8 Å². The van der Waals surface area contributed by atoms with Crippen molar-refractivity contribution in [1.29, 1.82) is 0 Å². The molecule has 0 bridgehead atoms. The van der Waals surface area contributed by atoms with Gasteiger partial charge in [0.25, 0.3) is 5.69 Å². The number of likely N-dealkylation sites (tertiary alicyclic amines) is 1. The Labute approximate surface area is 110 Å². The Kier molecular flexibility index (Phi) is 4.38. The number of benzene rings is 1. The molecule has 2 rings (SSSR count). The van der Waals surface area contributed by atoms with Crippen molar-refractivity contribution in [2.24, 2.45) is 0 Å². The van der Waals surface area contributed by atoms with Gasteiger partial charge in [0.05, 0.1) is 4.92 Å². The Balaban J connectivity index is 1.92. The summed E-state index contributed by atoms with van der Waals surface area (Å²) in [6, 6.07) is 4.60. The van der Waals surface area contributed by atoms with Crippen molar-refractivity contribution in [1.82, 2.24) is 4.90 Å². The zero-order valence-electron chi connectivity index (χ0n) is 9.97. The molecular formula is C12H15ClN2O3. The summed E-state index contributed by atoms with van der Waals surface area (Å²) in [4.78, 5) is 12.5. The lowest BCUT2D eigenvalue weighted by atomic mass is 10.3. The highest BCUT2D eigenvalue weighted by atomic mass is 35.5. The maximum atomic E-state index is 10.7. The van der Waals surface area contributed by atoms with E-state index in [0.29, 0.717) is 12.4 Å². The molecule has 0 aliphatic carbocycles. The van der Waals surface area contributed by atoms with Crippen molar-refractivity contribution < 1.29 is 9.66 Å². The summed E-state index contributed by atoms with van der Waals surface area (Å²) >= 11 is 5.92. The van der Waals surface area contributed by atoms with Crippen molar-refractivity contribution >= 4 is 17.3 Å². The quantitative estimate of drug-likeness (QED) is 0.610. The van der Waals surface area contributed by atoms with E-state index in [9.17, 15) is 10.1 Å². The number of halogens is 1. The highest BCUT2D eigenvalue weighted by molar-refractivity contribution is 6.34. The van der Waals surface area contributed by atoms with Crippen molar-refractivity contribution in [3.63, 3.8) is 0 Å². The standard InChI is InChI=1S/C12H15ClN2O3/c13-12-10(15(16)17)4-3-5-11(12)18-9-8-14-6-1-2-7-14/h3-5H,1-2,6-9H2. The molecule has 1 aromatic carbocycles. The lowest BCUT2D eigenvalue weighted by Crippen LogP contribution is -2.25. The van der Waals surface area contributed by atoms with Gasteiger partial charge in [-0.15, -0.1) is 0 Å². The summed E-state index contributed by atoms with van der Waals surface area (Å²) in [6.45, 7) is 3.54. The van der Waals surface area contributed by atoms with E-state index < -0.39 is 4.92 Å². The van der Waals surface area contributed by atoms with Crippen molar-refractivity contribution in [3.8, 4) is 5.75 Å². The number of hydrogen-bond acceptors (Lipinski definition) is 4. The molecule has 0 unspecified atom stereocenters. The Bertz CT molecular complexity index is 433. The van der Waals surface area contributed by atoms with Gasteiger partial charge in [-0.1, -0.05) is 17.7 Å². The molecule has 0 radical (unpaired) electrons. The van der Waals surface area contributed by atoms with Gasteiger partial charge in [-0.25, -0.2) is 0 Å². The van der Waals surface area contributed by atoms with Crippen molar-refractivity contribution in [3.05, 3.63) is 33.3 Å². The monoisotopic (exact) mass is 270 g/mol. The van der Waals surface area contributed by atoms with Crippen molar-refractivity contribution in [2.75, 3.05) is 26.2 Å². The third-order valence-corrected chi connectivity index (χ3v) is 3.38. The van der Waals surface area contributed by atoms with Crippen LogP contribution in [0.5, 0.6) is 5.75 Å². The number of nitrogens with zero attached hydrogens (tertiary/aromatic N) is 2. The van der Waals surface area contributed by atoms with Gasteiger partial charge in [-0.3, -0.25) is 15.0 Å². The van der Waals surface area contributed by atoms with Gasteiger partial charge >= 0.3 is 0 Å². The van der Waals surface area contributed by atoms with E-state index in [1.54, 1.807) is 12.1 Å². The van der Waals surface area contributed by atoms with Gasteiger partial charge in [0.15, 0.2) is 5.02 Å². The highest BCUT2D eigenvalue weighted by Gasteiger charge is 2.17. The molecule has 1 heterocycles. The van der Waals surface area contributed by atoms with Crippen LogP contribution < -0.4 is 4.74 Å². The Morgan fingerprint density at radius 1 is 1.39 bits per heavy atom. The van der Waals surface area contributed by atoms with Crippen LogP contribution in [0.25, 0.3) is 0 Å². The molecule has 1 aliphatic heterocycles. The van der Waals surface area contributed by atoms with Gasteiger partial charge in [-0.2, -0.15) is 0 Å². The Morgan fingerprint density at radius 3 is 2.78 bits per heavy atom. The maximum absolute atomic E-state index is 10.7. The smallest absolute Gasteiger partial charge is 0.291 e. The molecule has 1 saturated heterocycles. The number of nitro benzene ring substituents is 1. The molecule has 6 heteroatoms. The highest BCUT2D eigenvalue weighted by Crippen LogP contribution is 2.33.